The number of rotatable bonds is 2. The van der Waals surface area contributed by atoms with Crippen molar-refractivity contribution in [1.29, 1.82) is 0 Å². The highest BCUT2D eigenvalue weighted by molar-refractivity contribution is 7.80. The predicted molar refractivity (Wildman–Crippen MR) is 59.1 cm³/mol. The molecule has 1 N–H and O–H groups in total. The van der Waals surface area contributed by atoms with Gasteiger partial charge in [0.1, 0.15) is 5.71 Å². The van der Waals surface area contributed by atoms with Crippen LogP contribution < -0.4 is 0 Å². The molecule has 5 nitrogen and oxygen atoms in total. The van der Waals surface area contributed by atoms with E-state index in [0.29, 0.717) is 0 Å². The van der Waals surface area contributed by atoms with Crippen LogP contribution in [0.5, 0.6) is 0 Å². The van der Waals surface area contributed by atoms with Crippen LogP contribution in [0.4, 0.5) is 0 Å². The maximum absolute atomic E-state index is 10.2. The van der Waals surface area contributed by atoms with Gasteiger partial charge in [-0.15, -0.1) is 0 Å². The minimum Gasteiger partial charge on any atom is -0.253 e. The molecule has 0 spiro atoms. The summed E-state index contributed by atoms with van der Waals surface area (Å²) in [6.07, 6.45) is 0. The van der Waals surface area contributed by atoms with Crippen molar-refractivity contribution in [2.45, 2.75) is 6.92 Å². The molecule has 0 saturated carbocycles. The van der Waals surface area contributed by atoms with E-state index in [9.17, 15) is 8.42 Å². The molecule has 0 atom stereocenters. The molecule has 0 amide bonds. The second kappa shape index (κ2) is 5.30. The summed E-state index contributed by atoms with van der Waals surface area (Å²) in [7, 11) is -4.56. The Kier molecular flexibility index (Phi) is 4.05. The first-order chi connectivity index (χ1) is 7.47. The SMILES string of the molecule is C/C(C#Cc1ccccc1)=N\OS(=O)(=O)O. The van der Waals surface area contributed by atoms with E-state index < -0.39 is 10.4 Å². The fourth-order valence-electron chi connectivity index (χ4n) is 0.810. The zero-order valence-electron chi connectivity index (χ0n) is 8.41. The Morgan fingerprint density at radius 2 is 2.00 bits per heavy atom. The summed E-state index contributed by atoms with van der Waals surface area (Å²) < 4.78 is 32.4. The minimum absolute atomic E-state index is 0.140. The van der Waals surface area contributed by atoms with Crippen LogP contribution in [-0.4, -0.2) is 18.7 Å². The number of benzene rings is 1. The first kappa shape index (κ1) is 12.2. The molecule has 1 aromatic rings. The van der Waals surface area contributed by atoms with Crippen LogP contribution >= 0.6 is 0 Å². The molecule has 0 aliphatic carbocycles. The summed E-state index contributed by atoms with van der Waals surface area (Å²) in [6.45, 7) is 1.46. The van der Waals surface area contributed by atoms with Crippen LogP contribution in [0.2, 0.25) is 0 Å². The molecule has 0 aromatic heterocycles. The number of nitrogens with zero attached hydrogens (tertiary/aromatic N) is 1. The molecule has 1 rings (SSSR count). The molecule has 0 aliphatic heterocycles. The topological polar surface area (TPSA) is 76.0 Å². The molecule has 6 heteroatoms. The molecule has 0 heterocycles. The maximum Gasteiger partial charge on any atom is 0.466 e. The fraction of sp³-hybridized carbons (Fsp3) is 0.100. The standard InChI is InChI=1S/C10H9NO4S/c1-9(11-15-16(12,13)14)7-8-10-5-3-2-4-6-10/h2-6H,1H3,(H,12,13,14)/b11-9+. The molecule has 0 saturated heterocycles. The monoisotopic (exact) mass is 239 g/mol. The van der Waals surface area contributed by atoms with Crippen LogP contribution in [0.3, 0.4) is 0 Å². The smallest absolute Gasteiger partial charge is 0.253 e. The number of oxime groups is 1. The molecular formula is C10H9NO4S. The van der Waals surface area contributed by atoms with Gasteiger partial charge in [0.15, 0.2) is 0 Å². The molecule has 0 aliphatic rings. The van der Waals surface area contributed by atoms with Crippen LogP contribution in [-0.2, 0) is 14.7 Å². The molecule has 84 valence electrons. The summed E-state index contributed by atoms with van der Waals surface area (Å²) in [5, 5.41) is 3.12. The summed E-state index contributed by atoms with van der Waals surface area (Å²) >= 11 is 0. The van der Waals surface area contributed by atoms with Gasteiger partial charge in [0.2, 0.25) is 0 Å². The van der Waals surface area contributed by atoms with Gasteiger partial charge in [-0.2, -0.15) is 8.42 Å². The van der Waals surface area contributed by atoms with Gasteiger partial charge in [-0.1, -0.05) is 29.3 Å². The molecule has 0 unspecified atom stereocenters. The summed E-state index contributed by atoms with van der Waals surface area (Å²) in [5.41, 5.74) is 0.908. The van der Waals surface area contributed by atoms with E-state index >= 15 is 0 Å². The van der Waals surface area contributed by atoms with Crippen molar-refractivity contribution in [2.75, 3.05) is 0 Å². The van der Waals surface area contributed by atoms with Gasteiger partial charge in [0, 0.05) is 5.56 Å². The third kappa shape index (κ3) is 5.14. The highest BCUT2D eigenvalue weighted by atomic mass is 32.3. The molecule has 16 heavy (non-hydrogen) atoms. The van der Waals surface area contributed by atoms with Gasteiger partial charge in [0.25, 0.3) is 0 Å². The Balaban J connectivity index is 2.72. The lowest BCUT2D eigenvalue weighted by Gasteiger charge is -1.91. The lowest BCUT2D eigenvalue weighted by Crippen LogP contribution is -2.00. The highest BCUT2D eigenvalue weighted by Crippen LogP contribution is 1.95. The fourth-order valence-corrected chi connectivity index (χ4v) is 1.02. The predicted octanol–water partition coefficient (Wildman–Crippen LogP) is 1.23. The highest BCUT2D eigenvalue weighted by Gasteiger charge is 2.01. The lowest BCUT2D eigenvalue weighted by molar-refractivity contribution is 0.282. The lowest BCUT2D eigenvalue weighted by atomic mass is 10.2. The van der Waals surface area contributed by atoms with Crippen LogP contribution in [0.15, 0.2) is 35.5 Å². The zero-order valence-corrected chi connectivity index (χ0v) is 9.23. The molecule has 0 fully saturated rings. The van der Waals surface area contributed by atoms with Gasteiger partial charge in [-0.05, 0) is 25.0 Å². The molecular weight excluding hydrogens is 230 g/mol. The van der Waals surface area contributed by atoms with E-state index in [1.165, 1.54) is 6.92 Å². The third-order valence-corrected chi connectivity index (χ3v) is 1.69. The molecule has 0 bridgehead atoms. The van der Waals surface area contributed by atoms with Gasteiger partial charge < -0.3 is 0 Å². The van der Waals surface area contributed by atoms with E-state index in [4.69, 9.17) is 4.55 Å². The first-order valence-corrected chi connectivity index (χ1v) is 5.61. The van der Waals surface area contributed by atoms with Crippen molar-refractivity contribution in [3.63, 3.8) is 0 Å². The Morgan fingerprint density at radius 3 is 2.56 bits per heavy atom. The second-order valence-electron chi connectivity index (χ2n) is 2.79. The summed E-state index contributed by atoms with van der Waals surface area (Å²) in [5.74, 6) is 5.31. The van der Waals surface area contributed by atoms with Crippen molar-refractivity contribution in [1.82, 2.24) is 0 Å². The van der Waals surface area contributed by atoms with E-state index in [0.717, 1.165) is 5.56 Å². The Labute approximate surface area is 93.7 Å². The van der Waals surface area contributed by atoms with Gasteiger partial charge in [-0.25, -0.2) is 4.28 Å². The van der Waals surface area contributed by atoms with Crippen molar-refractivity contribution in [2.24, 2.45) is 5.16 Å². The Morgan fingerprint density at radius 1 is 1.38 bits per heavy atom. The molecule has 1 aromatic carbocycles. The zero-order chi connectivity index (χ0) is 12.0. The van der Waals surface area contributed by atoms with E-state index in [-0.39, 0.29) is 5.71 Å². The van der Waals surface area contributed by atoms with Crippen LogP contribution in [0.25, 0.3) is 0 Å². The minimum atomic E-state index is -4.56. The van der Waals surface area contributed by atoms with E-state index in [1.807, 2.05) is 18.2 Å². The van der Waals surface area contributed by atoms with Crippen molar-refractivity contribution >= 4 is 16.1 Å². The van der Waals surface area contributed by atoms with E-state index in [1.54, 1.807) is 12.1 Å². The van der Waals surface area contributed by atoms with Crippen molar-refractivity contribution < 1.29 is 17.3 Å². The van der Waals surface area contributed by atoms with Gasteiger partial charge in [0.05, 0.1) is 0 Å². The summed E-state index contributed by atoms with van der Waals surface area (Å²) in [4.78, 5) is 0. The van der Waals surface area contributed by atoms with E-state index in [2.05, 4.69) is 21.3 Å². The van der Waals surface area contributed by atoms with Crippen LogP contribution in [0, 0.1) is 11.8 Å². The number of hydrogen-bond donors (Lipinski definition) is 1. The first-order valence-electron chi connectivity index (χ1n) is 4.25. The van der Waals surface area contributed by atoms with Gasteiger partial charge in [-0.3, -0.25) is 4.55 Å². The van der Waals surface area contributed by atoms with Gasteiger partial charge >= 0.3 is 10.4 Å². The van der Waals surface area contributed by atoms with Crippen LogP contribution in [0.1, 0.15) is 12.5 Å². The van der Waals surface area contributed by atoms with Crippen molar-refractivity contribution in [3.05, 3.63) is 35.9 Å². The molecule has 0 radical (unpaired) electrons. The average Bonchev–Trinajstić information content (AvgIpc) is 2.24. The Bertz CT molecular complexity index is 537. The summed E-state index contributed by atoms with van der Waals surface area (Å²) in [6, 6.07) is 9.10. The normalized spacial score (nSPS) is 11.5. The number of hydrogen-bond acceptors (Lipinski definition) is 4. The van der Waals surface area contributed by atoms with Crippen molar-refractivity contribution in [3.8, 4) is 11.8 Å². The largest absolute Gasteiger partial charge is 0.466 e. The quantitative estimate of drug-likeness (QED) is 0.364. The Hall–Kier alpha value is -1.84. The third-order valence-electron chi connectivity index (χ3n) is 1.43. The average molecular weight is 239 g/mol. The second-order valence-corrected chi connectivity index (χ2v) is 3.80. The maximum atomic E-state index is 10.2.